The van der Waals surface area contributed by atoms with Crippen LogP contribution in [0.1, 0.15) is 39.0 Å². The van der Waals surface area contributed by atoms with Crippen molar-refractivity contribution in [1.82, 2.24) is 4.90 Å². The Kier molecular flexibility index (Phi) is 4.36. The second-order valence-corrected chi connectivity index (χ2v) is 11.5. The Labute approximate surface area is 180 Å². The molecular weight excluding hydrogens is 382 g/mol. The molecule has 30 heavy (non-hydrogen) atoms. The van der Waals surface area contributed by atoms with Crippen LogP contribution in [0.4, 0.5) is 0 Å². The van der Waals surface area contributed by atoms with E-state index >= 15 is 0 Å². The van der Waals surface area contributed by atoms with Gasteiger partial charge in [0.15, 0.2) is 0 Å². The molecule has 0 amide bonds. The van der Waals surface area contributed by atoms with Crippen LogP contribution in [-0.2, 0) is 14.2 Å². The smallest absolute Gasteiger partial charge is 0.0771 e. The van der Waals surface area contributed by atoms with E-state index in [1.165, 1.54) is 0 Å². The van der Waals surface area contributed by atoms with Crippen LogP contribution in [-0.4, -0.2) is 86.1 Å². The van der Waals surface area contributed by atoms with Crippen LogP contribution in [0, 0.1) is 40.4 Å². The van der Waals surface area contributed by atoms with Crippen LogP contribution in [0.25, 0.3) is 0 Å². The van der Waals surface area contributed by atoms with E-state index in [1.807, 2.05) is 14.2 Å². The van der Waals surface area contributed by atoms with Gasteiger partial charge in [0.25, 0.3) is 0 Å². The van der Waals surface area contributed by atoms with Crippen molar-refractivity contribution in [3.63, 3.8) is 0 Å². The van der Waals surface area contributed by atoms with E-state index in [0.29, 0.717) is 18.4 Å². The van der Waals surface area contributed by atoms with Crippen molar-refractivity contribution in [2.45, 2.75) is 69.0 Å². The zero-order valence-electron chi connectivity index (χ0n) is 18.9. The Morgan fingerprint density at radius 2 is 1.90 bits per heavy atom. The summed E-state index contributed by atoms with van der Waals surface area (Å²) in [6, 6.07) is 0.329. The van der Waals surface area contributed by atoms with E-state index in [4.69, 9.17) is 14.2 Å². The number of aliphatic hydroxyl groups excluding tert-OH is 1. The molecule has 0 radical (unpaired) electrons. The minimum Gasteiger partial charge on any atom is -0.392 e. The number of methoxy groups -OCH3 is 3. The zero-order chi connectivity index (χ0) is 21.1. The van der Waals surface area contributed by atoms with E-state index in [0.717, 1.165) is 45.4 Å². The Bertz CT molecular complexity index is 720. The molecule has 12 atom stereocenters. The first-order valence-corrected chi connectivity index (χ1v) is 12.1. The van der Waals surface area contributed by atoms with Gasteiger partial charge in [0.05, 0.1) is 30.5 Å². The molecule has 6 rings (SSSR count). The molecular formula is C24H39NO5. The van der Waals surface area contributed by atoms with Crippen molar-refractivity contribution < 1.29 is 24.4 Å². The van der Waals surface area contributed by atoms with Crippen molar-refractivity contribution in [3.8, 4) is 0 Å². The van der Waals surface area contributed by atoms with Gasteiger partial charge in [-0.15, -0.1) is 0 Å². The highest BCUT2D eigenvalue weighted by molar-refractivity contribution is 5.33. The number of hydrogen-bond acceptors (Lipinski definition) is 6. The van der Waals surface area contributed by atoms with Crippen molar-refractivity contribution in [3.05, 3.63) is 0 Å². The number of fused-ring (bicyclic) bond motifs is 2. The fraction of sp³-hybridized carbons (Fsp3) is 1.00. The average molecular weight is 422 g/mol. The molecule has 6 nitrogen and oxygen atoms in total. The number of ether oxygens (including phenoxy) is 3. The Morgan fingerprint density at radius 1 is 1.10 bits per heavy atom. The normalized spacial score (nSPS) is 60.8. The van der Waals surface area contributed by atoms with Gasteiger partial charge < -0.3 is 24.4 Å². The molecule has 1 aliphatic heterocycles. The van der Waals surface area contributed by atoms with Crippen molar-refractivity contribution in [2.24, 2.45) is 40.4 Å². The summed E-state index contributed by atoms with van der Waals surface area (Å²) in [7, 11) is 5.48. The molecule has 170 valence electrons. The molecule has 2 N–H and O–H groups in total. The third-order valence-corrected chi connectivity index (χ3v) is 11.2. The summed E-state index contributed by atoms with van der Waals surface area (Å²) in [6.07, 6.45) is 4.52. The molecule has 5 saturated carbocycles. The van der Waals surface area contributed by atoms with Crippen molar-refractivity contribution in [1.29, 1.82) is 0 Å². The first-order valence-electron chi connectivity index (χ1n) is 12.1. The highest BCUT2D eigenvalue weighted by Gasteiger charge is 2.83. The lowest BCUT2D eigenvalue weighted by atomic mass is 9.43. The van der Waals surface area contributed by atoms with Gasteiger partial charge in [-0.1, -0.05) is 6.92 Å². The molecule has 0 aromatic carbocycles. The lowest BCUT2D eigenvalue weighted by Crippen LogP contribution is -2.76. The summed E-state index contributed by atoms with van der Waals surface area (Å²) in [5.74, 6) is 1.03. The summed E-state index contributed by atoms with van der Waals surface area (Å²) in [5, 5.41) is 23.8. The second kappa shape index (κ2) is 6.42. The van der Waals surface area contributed by atoms with Crippen molar-refractivity contribution >= 4 is 0 Å². The monoisotopic (exact) mass is 421 g/mol. The Balaban J connectivity index is 1.58. The molecule has 6 fully saturated rings. The highest BCUT2D eigenvalue weighted by atomic mass is 16.5. The Morgan fingerprint density at radius 3 is 2.57 bits per heavy atom. The quantitative estimate of drug-likeness (QED) is 0.702. The van der Waals surface area contributed by atoms with E-state index < -0.39 is 11.7 Å². The summed E-state index contributed by atoms with van der Waals surface area (Å²) in [6.45, 7) is 5.11. The predicted molar refractivity (Wildman–Crippen MR) is 111 cm³/mol. The highest BCUT2D eigenvalue weighted by Crippen LogP contribution is 2.79. The Hall–Kier alpha value is -0.240. The van der Waals surface area contributed by atoms with Crippen molar-refractivity contribution in [2.75, 3.05) is 41.0 Å². The number of nitrogens with zero attached hydrogens (tertiary/aromatic N) is 1. The van der Waals surface area contributed by atoms with Crippen LogP contribution in [0.2, 0.25) is 0 Å². The maximum atomic E-state index is 12.4. The standard InChI is InChI=1S/C24H39NO5/c1-5-25-11-22(12-28-2)7-6-18(30-4)24-14-8-13-16(29-3)10-23(27,19(14)20(13)26)15(21(24)25)9-17(22)24/h13-21,26-27H,5-12H2,1-4H3/t13-,14-,15+,16-,17-,18+,19-,20+,21-,22-,23+,24-/m1/s1. The molecule has 1 spiro atoms. The largest absolute Gasteiger partial charge is 0.392 e. The van der Waals surface area contributed by atoms with Crippen LogP contribution in [0.15, 0.2) is 0 Å². The summed E-state index contributed by atoms with van der Waals surface area (Å²) >= 11 is 0. The molecule has 0 aromatic rings. The number of piperidine rings is 1. The van der Waals surface area contributed by atoms with Gasteiger partial charge in [-0.05, 0) is 44.1 Å². The van der Waals surface area contributed by atoms with Crippen LogP contribution < -0.4 is 0 Å². The molecule has 1 heterocycles. The van der Waals surface area contributed by atoms with Gasteiger partial charge in [-0.3, -0.25) is 4.90 Å². The average Bonchev–Trinajstić information content (AvgIpc) is 3.15. The topological polar surface area (TPSA) is 71.4 Å². The third-order valence-electron chi connectivity index (χ3n) is 11.2. The molecule has 0 aromatic heterocycles. The first-order chi connectivity index (χ1) is 14.4. The van der Waals surface area contributed by atoms with Gasteiger partial charge in [-0.2, -0.15) is 0 Å². The van der Waals surface area contributed by atoms with E-state index in [9.17, 15) is 10.2 Å². The summed E-state index contributed by atoms with van der Waals surface area (Å²) in [5.41, 5.74) is -0.719. The zero-order valence-corrected chi connectivity index (χ0v) is 18.9. The van der Waals surface area contributed by atoms with Gasteiger partial charge in [0.2, 0.25) is 0 Å². The molecule has 7 bridgehead atoms. The van der Waals surface area contributed by atoms with Crippen LogP contribution in [0.5, 0.6) is 0 Å². The summed E-state index contributed by atoms with van der Waals surface area (Å²) in [4.78, 5) is 2.67. The van der Waals surface area contributed by atoms with Gasteiger partial charge in [0.1, 0.15) is 0 Å². The molecule has 6 heteroatoms. The minimum atomic E-state index is -0.847. The van der Waals surface area contributed by atoms with Gasteiger partial charge >= 0.3 is 0 Å². The lowest BCUT2D eigenvalue weighted by molar-refractivity contribution is -0.276. The molecule has 0 unspecified atom stereocenters. The fourth-order valence-electron chi connectivity index (χ4n) is 10.7. The number of hydrogen-bond donors (Lipinski definition) is 2. The van der Waals surface area contributed by atoms with Crippen LogP contribution in [0.3, 0.4) is 0 Å². The SMILES string of the molecule is CCN1C[C@@]2(COC)CC[C@H](OC)[C@@]34[C@@H]5C[C@H]6[C@H](O)[C@@H]5[C@](O)(C[C@H]6OC)[C@@H](C[C@H]23)[C@@H]14. The van der Waals surface area contributed by atoms with Gasteiger partial charge in [-0.25, -0.2) is 0 Å². The summed E-state index contributed by atoms with van der Waals surface area (Å²) < 4.78 is 18.0. The number of aliphatic hydroxyl groups is 2. The van der Waals surface area contributed by atoms with Crippen LogP contribution >= 0.6 is 0 Å². The molecule has 1 saturated heterocycles. The van der Waals surface area contributed by atoms with E-state index in [2.05, 4.69) is 11.8 Å². The van der Waals surface area contributed by atoms with E-state index in [-0.39, 0.29) is 46.7 Å². The molecule has 6 aliphatic rings. The molecule has 5 aliphatic carbocycles. The van der Waals surface area contributed by atoms with Gasteiger partial charge in [0, 0.05) is 68.9 Å². The lowest BCUT2D eigenvalue weighted by Gasteiger charge is -2.69. The number of likely N-dealkylation sites (tertiary alicyclic amines) is 1. The first kappa shape index (κ1) is 20.4. The predicted octanol–water partition coefficient (Wildman–Crippen LogP) is 1.53. The fourth-order valence-corrected chi connectivity index (χ4v) is 10.7. The third kappa shape index (κ3) is 2.00. The van der Waals surface area contributed by atoms with E-state index in [1.54, 1.807) is 7.11 Å². The maximum Gasteiger partial charge on any atom is 0.0771 e. The number of rotatable bonds is 5. The maximum absolute atomic E-state index is 12.4. The minimum absolute atomic E-state index is 0.000283. The second-order valence-electron chi connectivity index (χ2n) is 11.5.